The highest BCUT2D eigenvalue weighted by Gasteiger charge is 2.49. The Bertz CT molecular complexity index is 2760. The fraction of sp³-hybridized carbons (Fsp3) is 0.278. The largest absolute Gasteiger partial charge is 0.298 e. The summed E-state index contributed by atoms with van der Waals surface area (Å²) in [5, 5.41) is 37.9. The van der Waals surface area contributed by atoms with Gasteiger partial charge in [0, 0.05) is 48.8 Å². The number of aromatic nitrogens is 2. The smallest absolute Gasteiger partial charge is 0.269 e. The first-order valence-corrected chi connectivity index (χ1v) is 20.9. The van der Waals surface area contributed by atoms with Crippen LogP contribution in [-0.2, 0) is 18.5 Å². The third-order valence-electron chi connectivity index (χ3n) is 9.51. The van der Waals surface area contributed by atoms with E-state index in [1.807, 2.05) is 72.9 Å². The van der Waals surface area contributed by atoms with Gasteiger partial charge in [-0.2, -0.15) is 21.0 Å². The van der Waals surface area contributed by atoms with Crippen LogP contribution in [0.3, 0.4) is 0 Å². The first kappa shape index (κ1) is 32.8. The van der Waals surface area contributed by atoms with Gasteiger partial charge in [0.2, 0.25) is 0 Å². The van der Waals surface area contributed by atoms with Gasteiger partial charge in [-0.05, 0) is 51.0 Å². The van der Waals surface area contributed by atoms with E-state index in [2.05, 4.69) is 12.1 Å². The predicted molar refractivity (Wildman–Crippen MR) is 206 cm³/mol. The number of nitriles is 4. The maximum absolute atomic E-state index is 13.3. The Morgan fingerprint density at radius 1 is 0.680 bits per heavy atom. The molecular weight excluding hydrogens is 741 g/mol. The van der Waals surface area contributed by atoms with Crippen molar-refractivity contribution < 1.29 is 0 Å². The first-order chi connectivity index (χ1) is 24.3. The third-order valence-corrected chi connectivity index (χ3v) is 16.7. The third kappa shape index (κ3) is 4.72. The van der Waals surface area contributed by atoms with Crippen LogP contribution in [0.5, 0.6) is 0 Å². The van der Waals surface area contributed by atoms with Crippen LogP contribution in [0, 0.1) is 45.3 Å². The molecule has 1 fully saturated rings. The van der Waals surface area contributed by atoms with E-state index in [9.17, 15) is 30.6 Å². The molecule has 0 saturated heterocycles. The lowest BCUT2D eigenvalue weighted by molar-refractivity contribution is 0.358. The van der Waals surface area contributed by atoms with Gasteiger partial charge in [-0.3, -0.25) is 18.7 Å². The van der Waals surface area contributed by atoms with Crippen molar-refractivity contribution in [2.45, 2.75) is 64.5 Å². The quantitative estimate of drug-likeness (QED) is 0.216. The van der Waals surface area contributed by atoms with Crippen molar-refractivity contribution in [3.8, 4) is 34.0 Å². The van der Waals surface area contributed by atoms with Gasteiger partial charge in [0.15, 0.2) is 11.1 Å². The summed E-state index contributed by atoms with van der Waals surface area (Å²) in [6.45, 7) is 4.45. The van der Waals surface area contributed by atoms with Gasteiger partial charge >= 0.3 is 0 Å². The highest BCUT2D eigenvalue weighted by Crippen LogP contribution is 2.66. The van der Waals surface area contributed by atoms with Crippen LogP contribution < -0.4 is 29.5 Å². The fourth-order valence-corrected chi connectivity index (χ4v) is 15.5. The Balaban J connectivity index is 1.28. The van der Waals surface area contributed by atoms with E-state index in [1.54, 1.807) is 22.7 Å². The number of rotatable bonds is 4. The molecule has 0 unspecified atom stereocenters. The van der Waals surface area contributed by atoms with E-state index >= 15 is 0 Å². The minimum atomic E-state index is -0.183. The molecule has 0 N–H and O–H groups in total. The zero-order chi connectivity index (χ0) is 34.9. The summed E-state index contributed by atoms with van der Waals surface area (Å²) in [4.78, 5) is 31.2. The molecule has 6 heterocycles. The average molecular weight is 765 g/mol. The molecule has 8 rings (SSSR count). The topological polar surface area (TPSA) is 139 Å². The molecule has 246 valence electrons. The van der Waals surface area contributed by atoms with Crippen molar-refractivity contribution in [1.82, 2.24) is 9.13 Å². The van der Waals surface area contributed by atoms with Crippen LogP contribution in [0.15, 0.2) is 21.7 Å². The van der Waals surface area contributed by atoms with Crippen LogP contribution >= 0.6 is 68.0 Å². The molecule has 6 aromatic heterocycles. The number of hydrogen-bond donors (Lipinski definition) is 0. The Labute approximate surface area is 308 Å². The highest BCUT2D eigenvalue weighted by atomic mass is 32.1. The molecule has 0 amide bonds. The molecular formula is C36H24N6O2S6. The summed E-state index contributed by atoms with van der Waals surface area (Å²) < 4.78 is 9.83. The van der Waals surface area contributed by atoms with Crippen LogP contribution in [-0.4, -0.2) is 9.13 Å². The average Bonchev–Trinajstić information content (AvgIpc) is 3.96. The van der Waals surface area contributed by atoms with E-state index in [1.165, 1.54) is 77.9 Å². The fourth-order valence-electron chi connectivity index (χ4n) is 7.41. The van der Waals surface area contributed by atoms with E-state index in [0.717, 1.165) is 35.4 Å². The van der Waals surface area contributed by atoms with Gasteiger partial charge < -0.3 is 0 Å². The highest BCUT2D eigenvalue weighted by molar-refractivity contribution is 7.35. The molecule has 50 heavy (non-hydrogen) atoms. The van der Waals surface area contributed by atoms with E-state index in [-0.39, 0.29) is 27.7 Å². The van der Waals surface area contributed by atoms with Gasteiger partial charge in [0.05, 0.1) is 28.2 Å². The summed E-state index contributed by atoms with van der Waals surface area (Å²) in [5.74, 6) is 0. The van der Waals surface area contributed by atoms with Gasteiger partial charge in [0.25, 0.3) is 11.1 Å². The van der Waals surface area contributed by atoms with Crippen molar-refractivity contribution in [2.24, 2.45) is 0 Å². The monoisotopic (exact) mass is 764 g/mol. The molecule has 14 heteroatoms. The van der Waals surface area contributed by atoms with Crippen LogP contribution in [0.25, 0.3) is 51.9 Å². The second-order valence-electron chi connectivity index (χ2n) is 12.1. The van der Waals surface area contributed by atoms with Crippen LogP contribution in [0.1, 0.15) is 66.8 Å². The molecule has 0 bridgehead atoms. The predicted octanol–water partition coefficient (Wildman–Crippen LogP) is 6.01. The van der Waals surface area contributed by atoms with Crippen molar-refractivity contribution in [1.29, 1.82) is 21.0 Å². The standard InChI is InChI=1S/C36H24N6O2S6/c1-3-41-32(43)24(49-34(41)18(14-37)15-38)12-20-10-22-28(45-20)26-30(47-22)31-27(36(26)8-6-5-7-9-36)29-23(48-31)11-21(46-29)13-25-33(44)42(4-2)35(50-25)19(16-39)17-40/h10-13H,3-9H2,1-2H3/b24-12-,25-13-. The van der Waals surface area contributed by atoms with Gasteiger partial charge in [0.1, 0.15) is 33.6 Å². The van der Waals surface area contributed by atoms with Crippen LogP contribution in [0.2, 0.25) is 0 Å². The van der Waals surface area contributed by atoms with Gasteiger partial charge in [-0.1, -0.05) is 19.3 Å². The molecule has 6 aromatic rings. The Kier molecular flexibility index (Phi) is 8.16. The Morgan fingerprint density at radius 2 is 1.10 bits per heavy atom. The molecule has 0 aliphatic heterocycles. The van der Waals surface area contributed by atoms with E-state index < -0.39 is 0 Å². The molecule has 8 nitrogen and oxygen atoms in total. The Morgan fingerprint density at radius 3 is 1.48 bits per heavy atom. The minimum absolute atomic E-state index is 0.0477. The van der Waals surface area contributed by atoms with Crippen LogP contribution in [0.4, 0.5) is 0 Å². The van der Waals surface area contributed by atoms with Crippen molar-refractivity contribution in [2.75, 3.05) is 0 Å². The number of fused-ring (bicyclic) bond motifs is 9. The van der Waals surface area contributed by atoms with E-state index in [4.69, 9.17) is 0 Å². The molecule has 0 atom stereocenters. The molecule has 1 spiro atoms. The second-order valence-corrected chi connectivity index (χ2v) is 18.4. The second kappa shape index (κ2) is 12.4. The summed E-state index contributed by atoms with van der Waals surface area (Å²) in [7, 11) is 0. The van der Waals surface area contributed by atoms with Gasteiger partial charge in [-0.25, -0.2) is 0 Å². The summed E-state index contributed by atoms with van der Waals surface area (Å²) in [6.07, 6.45) is 9.48. The number of thiazole rings is 2. The maximum atomic E-state index is 13.3. The van der Waals surface area contributed by atoms with Crippen molar-refractivity contribution in [3.05, 3.63) is 72.1 Å². The molecule has 1 saturated carbocycles. The Hall–Kier alpha value is -4.38. The summed E-state index contributed by atoms with van der Waals surface area (Å²) in [5.41, 5.74) is 2.30. The molecule has 0 aromatic carbocycles. The normalized spacial score (nSPS) is 15.2. The molecule has 0 radical (unpaired) electrons. The number of nitrogens with zero attached hydrogens (tertiary/aromatic N) is 6. The number of thiophene rings is 4. The molecule has 2 aliphatic rings. The summed E-state index contributed by atoms with van der Waals surface area (Å²) in [6, 6.07) is 12.1. The van der Waals surface area contributed by atoms with Crippen molar-refractivity contribution in [3.63, 3.8) is 0 Å². The first-order valence-electron chi connectivity index (χ1n) is 16.0. The molecule has 2 aliphatic carbocycles. The zero-order valence-electron chi connectivity index (χ0n) is 26.7. The maximum Gasteiger partial charge on any atom is 0.269 e. The van der Waals surface area contributed by atoms with Crippen molar-refractivity contribution >= 4 is 110 Å². The summed E-state index contributed by atoms with van der Waals surface area (Å²) >= 11 is 9.49. The van der Waals surface area contributed by atoms with Gasteiger partial charge in [-0.15, -0.1) is 68.0 Å². The van der Waals surface area contributed by atoms with E-state index in [0.29, 0.717) is 31.5 Å². The zero-order valence-corrected chi connectivity index (χ0v) is 31.6. The minimum Gasteiger partial charge on any atom is -0.298 e. The lowest BCUT2D eigenvalue weighted by atomic mass is 9.68. The lowest BCUT2D eigenvalue weighted by Crippen LogP contribution is -2.31. The SMILES string of the molecule is CCn1c(=C(C#N)C#N)s/c(=C\c2cc3sc4c(c3s2)C2(CCCCC2)c2c-4sc3cc(/C=c4\sc(=C(C#N)C#N)n(CC)c4=O)sc23)c1=O. The number of hydrogen-bond acceptors (Lipinski definition) is 12. The lowest BCUT2D eigenvalue weighted by Gasteiger charge is -2.35.